The highest BCUT2D eigenvalue weighted by atomic mass is 16.5. The molecule has 0 spiro atoms. The van der Waals surface area contributed by atoms with E-state index in [1.54, 1.807) is 0 Å². The van der Waals surface area contributed by atoms with Gasteiger partial charge in [0.25, 0.3) is 0 Å². The van der Waals surface area contributed by atoms with Crippen LogP contribution in [0.3, 0.4) is 0 Å². The van der Waals surface area contributed by atoms with Crippen LogP contribution in [0.2, 0.25) is 0 Å². The molecule has 0 saturated heterocycles. The Morgan fingerprint density at radius 1 is 1.05 bits per heavy atom. The Bertz CT molecular complexity index is 671. The minimum Gasteiger partial charge on any atom is -0.494 e. The highest BCUT2D eigenvalue weighted by Gasteiger charge is 2.09. The molecule has 0 unspecified atom stereocenters. The number of benzene rings is 2. The van der Waals surface area contributed by atoms with Crippen molar-refractivity contribution in [3.63, 3.8) is 0 Å². The number of fused-ring (bicyclic) bond motifs is 1. The number of hydrogen-bond acceptors (Lipinski definition) is 2. The van der Waals surface area contributed by atoms with E-state index in [2.05, 4.69) is 56.9 Å². The van der Waals surface area contributed by atoms with Gasteiger partial charge in [0.2, 0.25) is 0 Å². The van der Waals surface area contributed by atoms with Gasteiger partial charge in [0.15, 0.2) is 0 Å². The van der Waals surface area contributed by atoms with Gasteiger partial charge < -0.3 is 10.5 Å². The highest BCUT2D eigenvalue weighted by molar-refractivity contribution is 5.85. The van der Waals surface area contributed by atoms with Gasteiger partial charge >= 0.3 is 0 Å². The van der Waals surface area contributed by atoms with Gasteiger partial charge in [-0.1, -0.05) is 44.7 Å². The standard InChI is InChI=1S/C19H23NO/c1-19(2,3)10-12-21-18-9-8-16-13-15(5-4-11-20)6-7-17(16)14-18/h6-9,13-14H,10-12,20H2,1-3H3. The van der Waals surface area contributed by atoms with Gasteiger partial charge in [-0.2, -0.15) is 0 Å². The third-order valence-corrected chi connectivity index (χ3v) is 3.27. The molecule has 2 nitrogen and oxygen atoms in total. The zero-order valence-corrected chi connectivity index (χ0v) is 13.1. The molecule has 110 valence electrons. The quantitative estimate of drug-likeness (QED) is 0.864. The van der Waals surface area contributed by atoms with E-state index in [9.17, 15) is 0 Å². The predicted molar refractivity (Wildman–Crippen MR) is 89.4 cm³/mol. The molecule has 0 bridgehead atoms. The van der Waals surface area contributed by atoms with Crippen LogP contribution in [0.1, 0.15) is 32.8 Å². The van der Waals surface area contributed by atoms with Crippen LogP contribution < -0.4 is 10.5 Å². The smallest absolute Gasteiger partial charge is 0.119 e. The maximum Gasteiger partial charge on any atom is 0.119 e. The summed E-state index contributed by atoms with van der Waals surface area (Å²) in [7, 11) is 0. The van der Waals surface area contributed by atoms with E-state index < -0.39 is 0 Å². The van der Waals surface area contributed by atoms with Crippen LogP contribution in [0.25, 0.3) is 10.8 Å². The number of rotatable bonds is 3. The molecule has 2 aromatic rings. The van der Waals surface area contributed by atoms with Crippen LogP contribution in [-0.2, 0) is 0 Å². The van der Waals surface area contributed by atoms with E-state index in [0.29, 0.717) is 12.0 Å². The summed E-state index contributed by atoms with van der Waals surface area (Å²) < 4.78 is 5.84. The molecule has 0 heterocycles. The monoisotopic (exact) mass is 281 g/mol. The molecule has 0 saturated carbocycles. The van der Waals surface area contributed by atoms with Crippen molar-refractivity contribution in [3.8, 4) is 17.6 Å². The molecule has 21 heavy (non-hydrogen) atoms. The van der Waals surface area contributed by atoms with E-state index in [1.165, 1.54) is 10.8 Å². The van der Waals surface area contributed by atoms with Crippen LogP contribution >= 0.6 is 0 Å². The molecular weight excluding hydrogens is 258 g/mol. The summed E-state index contributed by atoms with van der Waals surface area (Å²) in [6, 6.07) is 12.4. The van der Waals surface area contributed by atoms with Crippen molar-refractivity contribution in [2.24, 2.45) is 11.1 Å². The second-order valence-corrected chi connectivity index (χ2v) is 6.39. The second kappa shape index (κ2) is 6.65. The van der Waals surface area contributed by atoms with Crippen LogP contribution in [-0.4, -0.2) is 13.2 Å². The molecule has 2 N–H and O–H groups in total. The van der Waals surface area contributed by atoms with Crippen molar-refractivity contribution in [1.82, 2.24) is 0 Å². The summed E-state index contributed by atoms with van der Waals surface area (Å²) in [6.07, 6.45) is 1.04. The summed E-state index contributed by atoms with van der Waals surface area (Å²) in [5.74, 6) is 6.86. The van der Waals surface area contributed by atoms with Crippen molar-refractivity contribution in [2.45, 2.75) is 27.2 Å². The summed E-state index contributed by atoms with van der Waals surface area (Å²) in [4.78, 5) is 0. The lowest BCUT2D eigenvalue weighted by molar-refractivity contribution is 0.243. The maximum absolute atomic E-state index is 5.84. The first-order valence-corrected chi connectivity index (χ1v) is 7.33. The summed E-state index contributed by atoms with van der Waals surface area (Å²) in [5, 5.41) is 2.34. The first-order valence-electron chi connectivity index (χ1n) is 7.33. The Hall–Kier alpha value is -1.98. The fraction of sp³-hybridized carbons (Fsp3) is 0.368. The minimum absolute atomic E-state index is 0.299. The Balaban J connectivity index is 2.11. The molecule has 0 aliphatic carbocycles. The normalized spacial score (nSPS) is 11.0. The maximum atomic E-state index is 5.84. The van der Waals surface area contributed by atoms with Gasteiger partial charge in [-0.25, -0.2) is 0 Å². The molecule has 2 rings (SSSR count). The predicted octanol–water partition coefficient (Wildman–Crippen LogP) is 3.97. The fourth-order valence-electron chi connectivity index (χ4n) is 2.02. The Labute approximate surface area is 127 Å². The largest absolute Gasteiger partial charge is 0.494 e. The van der Waals surface area contributed by atoms with E-state index >= 15 is 0 Å². The highest BCUT2D eigenvalue weighted by Crippen LogP contribution is 2.23. The van der Waals surface area contributed by atoms with Crippen molar-refractivity contribution >= 4 is 10.8 Å². The molecule has 0 radical (unpaired) electrons. The zero-order valence-electron chi connectivity index (χ0n) is 13.1. The van der Waals surface area contributed by atoms with Crippen molar-refractivity contribution < 1.29 is 4.74 Å². The molecule has 0 atom stereocenters. The average molecular weight is 281 g/mol. The second-order valence-electron chi connectivity index (χ2n) is 6.39. The van der Waals surface area contributed by atoms with Gasteiger partial charge in [0.05, 0.1) is 13.2 Å². The number of ether oxygens (including phenoxy) is 1. The zero-order chi connectivity index (χ0) is 15.3. The molecule has 2 aromatic carbocycles. The lowest BCUT2D eigenvalue weighted by Crippen LogP contribution is -2.11. The van der Waals surface area contributed by atoms with E-state index in [1.807, 2.05) is 12.1 Å². The van der Waals surface area contributed by atoms with Crippen LogP contribution in [0.15, 0.2) is 36.4 Å². The summed E-state index contributed by atoms with van der Waals surface area (Å²) in [6.45, 7) is 7.80. The Kier molecular flexibility index (Phi) is 4.88. The Morgan fingerprint density at radius 3 is 2.48 bits per heavy atom. The van der Waals surface area contributed by atoms with Gasteiger partial charge in [-0.3, -0.25) is 0 Å². The van der Waals surface area contributed by atoms with Gasteiger partial charge in [0.1, 0.15) is 5.75 Å². The lowest BCUT2D eigenvalue weighted by atomic mass is 9.93. The molecule has 0 fully saturated rings. The molecule has 2 heteroatoms. The lowest BCUT2D eigenvalue weighted by Gasteiger charge is -2.18. The van der Waals surface area contributed by atoms with Crippen LogP contribution in [0.5, 0.6) is 5.75 Å². The third kappa shape index (κ3) is 4.81. The van der Waals surface area contributed by atoms with E-state index in [4.69, 9.17) is 10.5 Å². The summed E-state index contributed by atoms with van der Waals surface area (Å²) >= 11 is 0. The number of hydrogen-bond donors (Lipinski definition) is 1. The van der Waals surface area contributed by atoms with Gasteiger partial charge in [0, 0.05) is 5.56 Å². The molecule has 0 aliphatic heterocycles. The summed E-state index contributed by atoms with van der Waals surface area (Å²) in [5.41, 5.74) is 6.69. The van der Waals surface area contributed by atoms with E-state index in [-0.39, 0.29) is 0 Å². The van der Waals surface area contributed by atoms with Crippen molar-refractivity contribution in [1.29, 1.82) is 0 Å². The van der Waals surface area contributed by atoms with Gasteiger partial charge in [-0.05, 0) is 46.9 Å². The number of nitrogens with two attached hydrogens (primary N) is 1. The first-order chi connectivity index (χ1) is 9.98. The van der Waals surface area contributed by atoms with Crippen LogP contribution in [0, 0.1) is 17.3 Å². The van der Waals surface area contributed by atoms with Crippen LogP contribution in [0.4, 0.5) is 0 Å². The van der Waals surface area contributed by atoms with Gasteiger partial charge in [-0.15, -0.1) is 0 Å². The first kappa shape index (κ1) is 15.4. The molecule has 0 aliphatic rings. The molecule has 0 amide bonds. The average Bonchev–Trinajstić information content (AvgIpc) is 2.43. The Morgan fingerprint density at radius 2 is 1.76 bits per heavy atom. The van der Waals surface area contributed by atoms with Crippen molar-refractivity contribution in [2.75, 3.05) is 13.2 Å². The van der Waals surface area contributed by atoms with E-state index in [0.717, 1.165) is 24.3 Å². The topological polar surface area (TPSA) is 35.2 Å². The SMILES string of the molecule is CC(C)(C)CCOc1ccc2cc(C#CCN)ccc2c1. The fourth-order valence-corrected chi connectivity index (χ4v) is 2.02. The van der Waals surface area contributed by atoms with Crippen molar-refractivity contribution in [3.05, 3.63) is 42.0 Å². The minimum atomic E-state index is 0.299. The third-order valence-electron chi connectivity index (χ3n) is 3.27. The molecular formula is C19H23NO. The molecule has 0 aromatic heterocycles.